The molecule has 0 bridgehead atoms. The molecule has 0 radical (unpaired) electrons. The highest BCUT2D eigenvalue weighted by atomic mass is 16.5. The number of nitrogens with one attached hydrogen (secondary N) is 1. The van der Waals surface area contributed by atoms with Crippen LogP contribution in [0.2, 0.25) is 0 Å². The number of carbonyl (C=O) groups excluding carboxylic acids is 1. The predicted octanol–water partition coefficient (Wildman–Crippen LogP) is 2.95. The summed E-state index contributed by atoms with van der Waals surface area (Å²) in [6.45, 7) is 0. The number of likely N-dealkylation sites (N-methyl/N-ethyl adjacent to an activating group) is 1. The van der Waals surface area contributed by atoms with Crippen LogP contribution in [0.3, 0.4) is 0 Å². The smallest absolute Gasteiger partial charge is 0.253 e. The summed E-state index contributed by atoms with van der Waals surface area (Å²) >= 11 is 0. The summed E-state index contributed by atoms with van der Waals surface area (Å²) in [4.78, 5) is 22.3. The first-order valence-corrected chi connectivity index (χ1v) is 8.28. The summed E-state index contributed by atoms with van der Waals surface area (Å²) < 4.78 is 6.01. The lowest BCUT2D eigenvalue weighted by Gasteiger charge is -2.11. The minimum atomic E-state index is -0.197. The third kappa shape index (κ3) is 2.97. The van der Waals surface area contributed by atoms with E-state index >= 15 is 0 Å². The third-order valence-corrected chi connectivity index (χ3v) is 4.20. The van der Waals surface area contributed by atoms with Crippen LogP contribution in [0, 0.1) is 0 Å². The SMILES string of the molecule is CN(C)C(=O)C1=CC=CC2Oc3ccc(Nc4ncccn4)cc3C2=C1. The fourth-order valence-electron chi connectivity index (χ4n) is 2.95. The lowest BCUT2D eigenvalue weighted by Crippen LogP contribution is -2.22. The van der Waals surface area contributed by atoms with E-state index in [-0.39, 0.29) is 12.0 Å². The second kappa shape index (κ2) is 6.48. The van der Waals surface area contributed by atoms with Gasteiger partial charge in [-0.25, -0.2) is 9.97 Å². The first kappa shape index (κ1) is 16.1. The van der Waals surface area contributed by atoms with Gasteiger partial charge < -0.3 is 15.0 Å². The molecule has 6 heteroatoms. The van der Waals surface area contributed by atoms with Gasteiger partial charge in [-0.1, -0.05) is 6.08 Å². The molecule has 2 heterocycles. The van der Waals surface area contributed by atoms with E-state index in [0.717, 1.165) is 22.6 Å². The van der Waals surface area contributed by atoms with E-state index in [1.54, 1.807) is 37.5 Å². The van der Waals surface area contributed by atoms with E-state index in [0.29, 0.717) is 11.5 Å². The Labute approximate surface area is 151 Å². The summed E-state index contributed by atoms with van der Waals surface area (Å²) in [5, 5.41) is 3.18. The van der Waals surface area contributed by atoms with Gasteiger partial charge in [-0.05, 0) is 42.5 Å². The van der Waals surface area contributed by atoms with Crippen LogP contribution < -0.4 is 10.1 Å². The van der Waals surface area contributed by atoms with Gasteiger partial charge in [0.25, 0.3) is 5.91 Å². The molecular formula is C20H18N4O2. The molecule has 1 amide bonds. The molecule has 1 atom stereocenters. The van der Waals surface area contributed by atoms with E-state index in [9.17, 15) is 4.79 Å². The monoisotopic (exact) mass is 346 g/mol. The number of aromatic nitrogens is 2. The van der Waals surface area contributed by atoms with E-state index in [1.165, 1.54) is 0 Å². The second-order valence-electron chi connectivity index (χ2n) is 6.25. The van der Waals surface area contributed by atoms with Crippen molar-refractivity contribution in [2.75, 3.05) is 19.4 Å². The molecule has 1 aliphatic carbocycles. The fraction of sp³-hybridized carbons (Fsp3) is 0.150. The molecule has 0 saturated carbocycles. The number of carbonyl (C=O) groups is 1. The average molecular weight is 346 g/mol. The zero-order chi connectivity index (χ0) is 18.1. The van der Waals surface area contributed by atoms with Crippen LogP contribution in [0.15, 0.2) is 66.5 Å². The van der Waals surface area contributed by atoms with E-state index < -0.39 is 0 Å². The highest BCUT2D eigenvalue weighted by molar-refractivity contribution is 6.00. The highest BCUT2D eigenvalue weighted by Crippen LogP contribution is 2.41. The van der Waals surface area contributed by atoms with Crippen LogP contribution in [0.5, 0.6) is 5.75 Å². The number of amides is 1. The van der Waals surface area contributed by atoms with Crippen LogP contribution >= 0.6 is 0 Å². The summed E-state index contributed by atoms with van der Waals surface area (Å²) in [5.74, 6) is 1.29. The molecule has 130 valence electrons. The maximum atomic E-state index is 12.4. The van der Waals surface area contributed by atoms with E-state index in [2.05, 4.69) is 15.3 Å². The van der Waals surface area contributed by atoms with E-state index in [4.69, 9.17) is 4.74 Å². The molecule has 1 N–H and O–H groups in total. The van der Waals surface area contributed by atoms with Gasteiger partial charge in [0.2, 0.25) is 5.95 Å². The number of rotatable bonds is 3. The first-order valence-electron chi connectivity index (χ1n) is 8.28. The summed E-state index contributed by atoms with van der Waals surface area (Å²) in [6.07, 6.45) is 10.7. The van der Waals surface area contributed by atoms with Crippen molar-refractivity contribution in [1.82, 2.24) is 14.9 Å². The van der Waals surface area contributed by atoms with Crippen molar-refractivity contribution in [3.8, 4) is 5.75 Å². The average Bonchev–Trinajstić information content (AvgIpc) is 2.84. The Hall–Kier alpha value is -3.41. The number of nitrogens with zero attached hydrogens (tertiary/aromatic N) is 3. The van der Waals surface area contributed by atoms with Crippen molar-refractivity contribution >= 4 is 23.1 Å². The predicted molar refractivity (Wildman–Crippen MR) is 100 cm³/mol. The number of allylic oxidation sites excluding steroid dienone is 2. The minimum absolute atomic E-state index is 0.0387. The van der Waals surface area contributed by atoms with E-state index in [1.807, 2.05) is 42.5 Å². The Morgan fingerprint density at radius 1 is 1.23 bits per heavy atom. The molecular weight excluding hydrogens is 328 g/mol. The second-order valence-corrected chi connectivity index (χ2v) is 6.25. The maximum absolute atomic E-state index is 12.4. The number of hydrogen-bond donors (Lipinski definition) is 1. The normalized spacial score (nSPS) is 17.2. The molecule has 1 aromatic heterocycles. The topological polar surface area (TPSA) is 67.3 Å². The molecule has 2 aromatic rings. The molecule has 1 aromatic carbocycles. The van der Waals surface area contributed by atoms with Crippen molar-refractivity contribution in [3.63, 3.8) is 0 Å². The van der Waals surface area contributed by atoms with Gasteiger partial charge in [-0.15, -0.1) is 0 Å². The van der Waals surface area contributed by atoms with Crippen LogP contribution in [-0.2, 0) is 4.79 Å². The summed E-state index contributed by atoms with van der Waals surface area (Å²) in [6, 6.07) is 7.60. The van der Waals surface area contributed by atoms with Crippen LogP contribution in [-0.4, -0.2) is 41.0 Å². The van der Waals surface area contributed by atoms with Gasteiger partial charge in [0.05, 0.1) is 0 Å². The molecule has 2 aliphatic rings. The number of ether oxygens (including phenoxy) is 1. The molecule has 4 rings (SSSR count). The molecule has 6 nitrogen and oxygen atoms in total. The van der Waals surface area contributed by atoms with Crippen molar-refractivity contribution in [2.24, 2.45) is 0 Å². The van der Waals surface area contributed by atoms with Crippen molar-refractivity contribution in [3.05, 3.63) is 72.1 Å². The van der Waals surface area contributed by atoms with Gasteiger partial charge in [0, 0.05) is 48.9 Å². The van der Waals surface area contributed by atoms with Gasteiger partial charge in [-0.3, -0.25) is 4.79 Å². The fourth-order valence-corrected chi connectivity index (χ4v) is 2.95. The molecule has 1 aliphatic heterocycles. The van der Waals surface area contributed by atoms with Gasteiger partial charge >= 0.3 is 0 Å². The lowest BCUT2D eigenvalue weighted by molar-refractivity contribution is -0.124. The van der Waals surface area contributed by atoms with Gasteiger partial charge in [-0.2, -0.15) is 0 Å². The van der Waals surface area contributed by atoms with Crippen molar-refractivity contribution in [2.45, 2.75) is 6.10 Å². The zero-order valence-corrected chi connectivity index (χ0v) is 14.5. The highest BCUT2D eigenvalue weighted by Gasteiger charge is 2.29. The van der Waals surface area contributed by atoms with Crippen molar-refractivity contribution in [1.29, 1.82) is 0 Å². The third-order valence-electron chi connectivity index (χ3n) is 4.20. The molecule has 26 heavy (non-hydrogen) atoms. The molecule has 0 fully saturated rings. The number of fused-ring (bicyclic) bond motifs is 3. The lowest BCUT2D eigenvalue weighted by atomic mass is 10.00. The van der Waals surface area contributed by atoms with Crippen LogP contribution in [0.1, 0.15) is 5.56 Å². The zero-order valence-electron chi connectivity index (χ0n) is 14.5. The van der Waals surface area contributed by atoms with Crippen molar-refractivity contribution < 1.29 is 9.53 Å². The Morgan fingerprint density at radius 2 is 2.04 bits per heavy atom. The molecule has 0 spiro atoms. The Bertz CT molecular complexity index is 946. The van der Waals surface area contributed by atoms with Gasteiger partial charge in [0.15, 0.2) is 0 Å². The Kier molecular flexibility index (Phi) is 4.01. The number of benzene rings is 1. The number of anilines is 2. The van der Waals surface area contributed by atoms with Gasteiger partial charge in [0.1, 0.15) is 11.9 Å². The maximum Gasteiger partial charge on any atom is 0.253 e. The Morgan fingerprint density at radius 3 is 2.81 bits per heavy atom. The summed E-state index contributed by atoms with van der Waals surface area (Å²) in [7, 11) is 3.49. The number of hydrogen-bond acceptors (Lipinski definition) is 5. The quantitative estimate of drug-likeness (QED) is 0.925. The standard InChI is InChI=1S/C20H18N4O2/c1-24(2)19(25)13-5-3-6-17-15(11-13)16-12-14(7-8-18(16)26-17)23-20-21-9-4-10-22-20/h3-12,17H,1-2H3,(H,21,22,23). The van der Waals surface area contributed by atoms with Crippen LogP contribution in [0.25, 0.3) is 5.57 Å². The minimum Gasteiger partial charge on any atom is -0.481 e. The molecule has 0 saturated heterocycles. The Balaban J connectivity index is 1.70. The summed E-state index contributed by atoms with van der Waals surface area (Å²) in [5.41, 5.74) is 3.41. The van der Waals surface area contributed by atoms with Crippen LogP contribution in [0.4, 0.5) is 11.6 Å². The first-order chi connectivity index (χ1) is 12.6. The largest absolute Gasteiger partial charge is 0.481 e. The molecule has 1 unspecified atom stereocenters.